The molecule has 1 N–H and O–H groups in total. The van der Waals surface area contributed by atoms with Crippen LogP contribution in [0.3, 0.4) is 0 Å². The highest BCUT2D eigenvalue weighted by Gasteiger charge is 2.27. The third-order valence-corrected chi connectivity index (χ3v) is 2.68. The summed E-state index contributed by atoms with van der Waals surface area (Å²) in [6.45, 7) is 0. The van der Waals surface area contributed by atoms with Crippen LogP contribution in [0.15, 0.2) is 30.3 Å². The van der Waals surface area contributed by atoms with Crippen molar-refractivity contribution in [3.8, 4) is 5.75 Å². The molecule has 15 heavy (non-hydrogen) atoms. The number of rotatable bonds is 4. The van der Waals surface area contributed by atoms with Gasteiger partial charge in [0.1, 0.15) is 5.75 Å². The third kappa shape index (κ3) is 2.83. The zero-order chi connectivity index (χ0) is 10.7. The van der Waals surface area contributed by atoms with E-state index in [9.17, 15) is 5.11 Å². The van der Waals surface area contributed by atoms with Crippen molar-refractivity contribution in [1.82, 2.24) is 0 Å². The van der Waals surface area contributed by atoms with Crippen molar-refractivity contribution in [1.29, 1.82) is 0 Å². The Morgan fingerprint density at radius 2 is 2.27 bits per heavy atom. The molecule has 2 nitrogen and oxygen atoms in total. The quantitative estimate of drug-likeness (QED) is 0.816. The number of hydrogen-bond acceptors (Lipinski definition) is 2. The first-order valence-corrected chi connectivity index (χ1v) is 5.30. The van der Waals surface area contributed by atoms with Crippen LogP contribution in [-0.4, -0.2) is 18.3 Å². The number of ether oxygens (including phenoxy) is 1. The van der Waals surface area contributed by atoms with Gasteiger partial charge < -0.3 is 9.84 Å². The SMILES string of the molecule is COc1cccc(/C=C/[C@@H](O)C2CC2)c1. The van der Waals surface area contributed by atoms with E-state index in [4.69, 9.17) is 4.74 Å². The Bertz CT molecular complexity index is 353. The first kappa shape index (κ1) is 10.2. The van der Waals surface area contributed by atoms with Crippen LogP contribution in [0.1, 0.15) is 18.4 Å². The molecular formula is C13H16O2. The van der Waals surface area contributed by atoms with E-state index in [0.717, 1.165) is 24.2 Å². The molecule has 0 unspecified atom stereocenters. The lowest BCUT2D eigenvalue weighted by Gasteiger charge is -2.02. The molecule has 1 saturated carbocycles. The zero-order valence-electron chi connectivity index (χ0n) is 8.89. The van der Waals surface area contributed by atoms with Crippen molar-refractivity contribution in [2.75, 3.05) is 7.11 Å². The van der Waals surface area contributed by atoms with Gasteiger partial charge in [-0.1, -0.05) is 24.3 Å². The number of hydrogen-bond donors (Lipinski definition) is 1. The molecule has 2 heteroatoms. The minimum atomic E-state index is -0.281. The van der Waals surface area contributed by atoms with Gasteiger partial charge in [0.05, 0.1) is 13.2 Å². The Kier molecular flexibility index (Phi) is 3.07. The van der Waals surface area contributed by atoms with Gasteiger partial charge >= 0.3 is 0 Å². The van der Waals surface area contributed by atoms with Gasteiger partial charge in [0.25, 0.3) is 0 Å². The molecule has 1 aliphatic rings. The van der Waals surface area contributed by atoms with Gasteiger partial charge in [0.15, 0.2) is 0 Å². The summed E-state index contributed by atoms with van der Waals surface area (Å²) in [5.41, 5.74) is 1.06. The van der Waals surface area contributed by atoms with Gasteiger partial charge in [-0.05, 0) is 36.5 Å². The van der Waals surface area contributed by atoms with Crippen molar-refractivity contribution < 1.29 is 9.84 Å². The topological polar surface area (TPSA) is 29.5 Å². The molecule has 1 atom stereocenters. The monoisotopic (exact) mass is 204 g/mol. The van der Waals surface area contributed by atoms with Crippen LogP contribution in [0.25, 0.3) is 6.08 Å². The molecule has 1 aliphatic carbocycles. The van der Waals surface area contributed by atoms with Gasteiger partial charge in [-0.15, -0.1) is 0 Å². The maximum absolute atomic E-state index is 9.66. The number of aliphatic hydroxyl groups is 1. The standard InChI is InChI=1S/C13H16O2/c1-15-12-4-2-3-10(9-12)5-8-13(14)11-6-7-11/h2-5,8-9,11,13-14H,6-7H2,1H3/b8-5+/t13-/m1/s1. The fraction of sp³-hybridized carbons (Fsp3) is 0.385. The summed E-state index contributed by atoms with van der Waals surface area (Å²) in [7, 11) is 1.65. The molecule has 0 heterocycles. The smallest absolute Gasteiger partial charge is 0.119 e. The number of aliphatic hydroxyl groups excluding tert-OH is 1. The highest BCUT2D eigenvalue weighted by atomic mass is 16.5. The lowest BCUT2D eigenvalue weighted by atomic mass is 10.1. The zero-order valence-corrected chi connectivity index (χ0v) is 8.89. The van der Waals surface area contributed by atoms with Crippen LogP contribution in [0.4, 0.5) is 0 Å². The number of benzene rings is 1. The summed E-state index contributed by atoms with van der Waals surface area (Å²) >= 11 is 0. The van der Waals surface area contributed by atoms with Crippen molar-refractivity contribution in [2.45, 2.75) is 18.9 Å². The second-order valence-corrected chi connectivity index (χ2v) is 3.96. The predicted molar refractivity (Wildman–Crippen MR) is 60.8 cm³/mol. The summed E-state index contributed by atoms with van der Waals surface area (Å²) < 4.78 is 5.13. The van der Waals surface area contributed by atoms with Crippen molar-refractivity contribution in [3.05, 3.63) is 35.9 Å². The summed E-state index contributed by atoms with van der Waals surface area (Å²) in [6, 6.07) is 7.81. The third-order valence-electron chi connectivity index (χ3n) is 2.68. The van der Waals surface area contributed by atoms with E-state index in [0.29, 0.717) is 5.92 Å². The summed E-state index contributed by atoms with van der Waals surface area (Å²) in [5, 5.41) is 9.66. The first-order chi connectivity index (χ1) is 7.29. The average Bonchev–Trinajstić information content (AvgIpc) is 3.10. The Hall–Kier alpha value is -1.28. The van der Waals surface area contributed by atoms with E-state index in [-0.39, 0.29) is 6.10 Å². The van der Waals surface area contributed by atoms with Crippen molar-refractivity contribution >= 4 is 6.08 Å². The minimum absolute atomic E-state index is 0.281. The second kappa shape index (κ2) is 4.49. The maximum atomic E-state index is 9.66. The fourth-order valence-corrected chi connectivity index (χ4v) is 1.55. The molecule has 1 aromatic rings. The van der Waals surface area contributed by atoms with Crippen LogP contribution in [-0.2, 0) is 0 Å². The Balaban J connectivity index is 2.02. The Morgan fingerprint density at radius 1 is 1.47 bits per heavy atom. The largest absolute Gasteiger partial charge is 0.497 e. The Labute approximate surface area is 90.2 Å². The molecule has 2 rings (SSSR count). The molecule has 0 spiro atoms. The lowest BCUT2D eigenvalue weighted by molar-refractivity contribution is 0.200. The van der Waals surface area contributed by atoms with Gasteiger partial charge in [-0.25, -0.2) is 0 Å². The number of methoxy groups -OCH3 is 1. The molecule has 80 valence electrons. The van der Waals surface area contributed by atoms with Gasteiger partial charge in [-0.2, -0.15) is 0 Å². The van der Waals surface area contributed by atoms with E-state index in [1.807, 2.05) is 36.4 Å². The molecule has 1 fully saturated rings. The molecule has 0 amide bonds. The van der Waals surface area contributed by atoms with Crippen molar-refractivity contribution in [2.24, 2.45) is 5.92 Å². The van der Waals surface area contributed by atoms with Gasteiger partial charge in [0.2, 0.25) is 0 Å². The molecule has 0 radical (unpaired) electrons. The Morgan fingerprint density at radius 3 is 2.93 bits per heavy atom. The summed E-state index contributed by atoms with van der Waals surface area (Å²) in [5.74, 6) is 1.34. The molecule has 0 aromatic heterocycles. The average molecular weight is 204 g/mol. The first-order valence-electron chi connectivity index (χ1n) is 5.30. The molecule has 0 aliphatic heterocycles. The van der Waals surface area contributed by atoms with Crippen LogP contribution >= 0.6 is 0 Å². The second-order valence-electron chi connectivity index (χ2n) is 3.96. The van der Waals surface area contributed by atoms with E-state index in [1.54, 1.807) is 7.11 Å². The van der Waals surface area contributed by atoms with Crippen molar-refractivity contribution in [3.63, 3.8) is 0 Å². The lowest BCUT2D eigenvalue weighted by Crippen LogP contribution is -2.03. The maximum Gasteiger partial charge on any atom is 0.119 e. The van der Waals surface area contributed by atoms with E-state index < -0.39 is 0 Å². The normalized spacial score (nSPS) is 18.0. The van der Waals surface area contributed by atoms with Crippen LogP contribution in [0, 0.1) is 5.92 Å². The molecule has 1 aromatic carbocycles. The van der Waals surface area contributed by atoms with Crippen LogP contribution < -0.4 is 4.74 Å². The molecule has 0 bridgehead atoms. The molecular weight excluding hydrogens is 188 g/mol. The van der Waals surface area contributed by atoms with E-state index in [1.165, 1.54) is 0 Å². The van der Waals surface area contributed by atoms with E-state index >= 15 is 0 Å². The predicted octanol–water partition coefficient (Wildman–Crippen LogP) is 2.48. The highest BCUT2D eigenvalue weighted by Crippen LogP contribution is 2.33. The van der Waals surface area contributed by atoms with Crippen LogP contribution in [0.5, 0.6) is 5.75 Å². The highest BCUT2D eigenvalue weighted by molar-refractivity contribution is 5.52. The minimum Gasteiger partial charge on any atom is -0.497 e. The summed E-state index contributed by atoms with van der Waals surface area (Å²) in [6.07, 6.45) is 5.85. The fourth-order valence-electron chi connectivity index (χ4n) is 1.55. The van der Waals surface area contributed by atoms with E-state index in [2.05, 4.69) is 0 Å². The van der Waals surface area contributed by atoms with Gasteiger partial charge in [0, 0.05) is 0 Å². The molecule has 0 saturated heterocycles. The van der Waals surface area contributed by atoms with Gasteiger partial charge in [-0.3, -0.25) is 0 Å². The summed E-state index contributed by atoms with van der Waals surface area (Å²) in [4.78, 5) is 0. The van der Waals surface area contributed by atoms with Crippen LogP contribution in [0.2, 0.25) is 0 Å².